The monoisotopic (exact) mass is 207 g/mol. The molecule has 1 aliphatic rings. The molecular weight excluding hydrogens is 192 g/mol. The van der Waals surface area contributed by atoms with Crippen molar-refractivity contribution in [1.82, 2.24) is 4.90 Å². The summed E-state index contributed by atoms with van der Waals surface area (Å²) >= 11 is 0. The number of aliphatic hydroxyl groups is 2. The van der Waals surface area contributed by atoms with E-state index >= 15 is 0 Å². The molecule has 2 unspecified atom stereocenters. The fourth-order valence-electron chi connectivity index (χ4n) is 1.82. The molecular formula is C11H15N2O2. The first-order chi connectivity index (χ1) is 7.24. The SMILES string of the molecule is [CH2]CCN1C(O)Nc2ccccc2C1O. The zero-order chi connectivity index (χ0) is 10.8. The largest absolute Gasteiger partial charge is 0.374 e. The lowest BCUT2D eigenvalue weighted by molar-refractivity contribution is -0.0967. The Morgan fingerprint density at radius 3 is 2.80 bits per heavy atom. The number of nitrogens with zero attached hydrogens (tertiary/aromatic N) is 1. The molecule has 15 heavy (non-hydrogen) atoms. The molecule has 0 amide bonds. The van der Waals surface area contributed by atoms with Gasteiger partial charge in [0.1, 0.15) is 6.23 Å². The Bertz CT molecular complexity index is 343. The van der Waals surface area contributed by atoms with E-state index in [1.807, 2.05) is 24.3 Å². The van der Waals surface area contributed by atoms with E-state index < -0.39 is 12.6 Å². The molecule has 81 valence electrons. The van der Waals surface area contributed by atoms with E-state index in [0.29, 0.717) is 13.0 Å². The number of fused-ring (bicyclic) bond motifs is 1. The van der Waals surface area contributed by atoms with Crippen LogP contribution < -0.4 is 5.32 Å². The van der Waals surface area contributed by atoms with E-state index in [2.05, 4.69) is 12.2 Å². The third-order valence-electron chi connectivity index (χ3n) is 2.57. The van der Waals surface area contributed by atoms with Crippen LogP contribution in [0, 0.1) is 6.92 Å². The summed E-state index contributed by atoms with van der Waals surface area (Å²) in [5.41, 5.74) is 1.56. The highest BCUT2D eigenvalue weighted by molar-refractivity contribution is 5.53. The molecule has 0 bridgehead atoms. The van der Waals surface area contributed by atoms with Crippen molar-refractivity contribution in [3.63, 3.8) is 0 Å². The van der Waals surface area contributed by atoms with Gasteiger partial charge in [-0.1, -0.05) is 25.1 Å². The average Bonchev–Trinajstić information content (AvgIpc) is 2.24. The average molecular weight is 207 g/mol. The van der Waals surface area contributed by atoms with E-state index in [4.69, 9.17) is 0 Å². The van der Waals surface area contributed by atoms with Crippen LogP contribution in [0.2, 0.25) is 0 Å². The summed E-state index contributed by atoms with van der Waals surface area (Å²) < 4.78 is 0. The minimum absolute atomic E-state index is 0.545. The zero-order valence-electron chi connectivity index (χ0n) is 8.43. The molecule has 0 aromatic heterocycles. The van der Waals surface area contributed by atoms with Gasteiger partial charge in [-0.3, -0.25) is 0 Å². The summed E-state index contributed by atoms with van der Waals surface area (Å²) in [7, 11) is 0. The summed E-state index contributed by atoms with van der Waals surface area (Å²) in [5.74, 6) is 0. The maximum atomic E-state index is 10.0. The molecule has 4 heteroatoms. The lowest BCUT2D eigenvalue weighted by Gasteiger charge is -2.38. The molecule has 0 fully saturated rings. The minimum Gasteiger partial charge on any atom is -0.374 e. The van der Waals surface area contributed by atoms with Gasteiger partial charge in [0.2, 0.25) is 0 Å². The normalized spacial score (nSPS) is 25.8. The van der Waals surface area contributed by atoms with Crippen molar-refractivity contribution in [3.05, 3.63) is 36.8 Å². The highest BCUT2D eigenvalue weighted by atomic mass is 16.3. The summed E-state index contributed by atoms with van der Waals surface area (Å²) in [6.07, 6.45) is -0.978. The van der Waals surface area contributed by atoms with Gasteiger partial charge in [-0.25, -0.2) is 4.90 Å². The Morgan fingerprint density at radius 2 is 2.07 bits per heavy atom. The van der Waals surface area contributed by atoms with Gasteiger partial charge in [0, 0.05) is 17.8 Å². The predicted molar refractivity (Wildman–Crippen MR) is 57.7 cm³/mol. The summed E-state index contributed by atoms with van der Waals surface area (Å²) in [4.78, 5) is 1.56. The van der Waals surface area contributed by atoms with Gasteiger partial charge in [-0.15, -0.1) is 0 Å². The number of hydrogen-bond acceptors (Lipinski definition) is 4. The van der Waals surface area contributed by atoms with E-state index in [9.17, 15) is 10.2 Å². The Morgan fingerprint density at radius 1 is 1.33 bits per heavy atom. The first-order valence-electron chi connectivity index (χ1n) is 5.00. The van der Waals surface area contributed by atoms with Crippen molar-refractivity contribution in [2.75, 3.05) is 11.9 Å². The van der Waals surface area contributed by atoms with Gasteiger partial charge in [0.25, 0.3) is 0 Å². The molecule has 0 aliphatic carbocycles. The number of anilines is 1. The zero-order valence-corrected chi connectivity index (χ0v) is 8.43. The predicted octanol–water partition coefficient (Wildman–Crippen LogP) is 0.905. The molecule has 0 saturated carbocycles. The Balaban J connectivity index is 2.30. The van der Waals surface area contributed by atoms with E-state index in [-0.39, 0.29) is 0 Å². The lowest BCUT2D eigenvalue weighted by Crippen LogP contribution is -2.47. The molecule has 1 radical (unpaired) electrons. The number of aliphatic hydroxyl groups excluding tert-OH is 2. The van der Waals surface area contributed by atoms with E-state index in [1.165, 1.54) is 0 Å². The molecule has 2 atom stereocenters. The van der Waals surface area contributed by atoms with Crippen molar-refractivity contribution in [2.45, 2.75) is 19.0 Å². The second-order valence-corrected chi connectivity index (χ2v) is 3.57. The highest BCUT2D eigenvalue weighted by Gasteiger charge is 2.30. The van der Waals surface area contributed by atoms with Crippen LogP contribution in [-0.4, -0.2) is 28.0 Å². The molecule has 0 spiro atoms. The van der Waals surface area contributed by atoms with E-state index in [0.717, 1.165) is 11.3 Å². The van der Waals surface area contributed by atoms with Crippen LogP contribution in [0.5, 0.6) is 0 Å². The van der Waals surface area contributed by atoms with Crippen molar-refractivity contribution in [2.24, 2.45) is 0 Å². The molecule has 3 N–H and O–H groups in total. The van der Waals surface area contributed by atoms with E-state index in [1.54, 1.807) is 4.90 Å². The first-order valence-corrected chi connectivity index (χ1v) is 5.00. The quantitative estimate of drug-likeness (QED) is 0.674. The van der Waals surface area contributed by atoms with Crippen LogP contribution >= 0.6 is 0 Å². The van der Waals surface area contributed by atoms with Crippen LogP contribution in [0.25, 0.3) is 0 Å². The Hall–Kier alpha value is -1.10. The van der Waals surface area contributed by atoms with Crippen molar-refractivity contribution in [3.8, 4) is 0 Å². The van der Waals surface area contributed by atoms with Crippen molar-refractivity contribution < 1.29 is 10.2 Å². The second-order valence-electron chi connectivity index (χ2n) is 3.57. The van der Waals surface area contributed by atoms with Gasteiger partial charge in [0.15, 0.2) is 6.35 Å². The molecule has 1 aliphatic heterocycles. The molecule has 2 rings (SSSR count). The third kappa shape index (κ3) is 1.84. The second kappa shape index (κ2) is 4.18. The molecule has 1 aromatic rings. The maximum Gasteiger partial charge on any atom is 0.186 e. The van der Waals surface area contributed by atoms with Gasteiger partial charge >= 0.3 is 0 Å². The molecule has 0 saturated heterocycles. The Kier molecular flexibility index (Phi) is 2.90. The van der Waals surface area contributed by atoms with Gasteiger partial charge in [0.05, 0.1) is 0 Å². The number of nitrogens with one attached hydrogen (secondary N) is 1. The first kappa shape index (κ1) is 10.4. The van der Waals surface area contributed by atoms with Crippen LogP contribution in [0.1, 0.15) is 18.2 Å². The van der Waals surface area contributed by atoms with Crippen LogP contribution in [0.4, 0.5) is 5.69 Å². The summed E-state index contributed by atoms with van der Waals surface area (Å²) in [6.45, 7) is 4.26. The number of rotatable bonds is 2. The summed E-state index contributed by atoms with van der Waals surface area (Å²) in [5, 5.41) is 22.7. The summed E-state index contributed by atoms with van der Waals surface area (Å²) in [6, 6.07) is 7.41. The number of benzene rings is 1. The topological polar surface area (TPSA) is 55.7 Å². The van der Waals surface area contributed by atoms with Crippen LogP contribution in [0.3, 0.4) is 0 Å². The number of hydrogen-bond donors (Lipinski definition) is 3. The van der Waals surface area contributed by atoms with Gasteiger partial charge in [-0.2, -0.15) is 0 Å². The number of para-hydroxylation sites is 1. The van der Waals surface area contributed by atoms with Crippen molar-refractivity contribution >= 4 is 5.69 Å². The smallest absolute Gasteiger partial charge is 0.186 e. The maximum absolute atomic E-state index is 10.0. The lowest BCUT2D eigenvalue weighted by atomic mass is 10.1. The fraction of sp³-hybridized carbons (Fsp3) is 0.364. The van der Waals surface area contributed by atoms with Crippen LogP contribution in [0.15, 0.2) is 24.3 Å². The van der Waals surface area contributed by atoms with Crippen LogP contribution in [-0.2, 0) is 0 Å². The molecule has 1 aromatic carbocycles. The fourth-order valence-corrected chi connectivity index (χ4v) is 1.82. The van der Waals surface area contributed by atoms with Gasteiger partial charge in [-0.05, 0) is 12.5 Å². The molecule has 1 heterocycles. The Labute approximate surface area is 89.1 Å². The standard InChI is InChI=1S/C11H15N2O2/c1-2-7-13-10(14)8-5-3-4-6-9(8)12-11(13)15/h3-6,10-12,14-15H,1-2,7H2. The third-order valence-corrected chi connectivity index (χ3v) is 2.57. The highest BCUT2D eigenvalue weighted by Crippen LogP contribution is 2.31. The van der Waals surface area contributed by atoms with Crippen molar-refractivity contribution in [1.29, 1.82) is 0 Å². The van der Waals surface area contributed by atoms with Gasteiger partial charge < -0.3 is 15.5 Å². The minimum atomic E-state index is -0.850. The molecule has 4 nitrogen and oxygen atoms in total.